The molecule has 0 bridgehead atoms. The van der Waals surface area contributed by atoms with Crippen LogP contribution in [0.4, 0.5) is 0 Å². The fraction of sp³-hybridized carbons (Fsp3) is 0.846. The number of nitrogens with one attached hydrogen (secondary N) is 1. The van der Waals surface area contributed by atoms with Gasteiger partial charge in [-0.15, -0.1) is 0 Å². The van der Waals surface area contributed by atoms with Crippen molar-refractivity contribution in [2.75, 3.05) is 33.4 Å². The van der Waals surface area contributed by atoms with E-state index in [2.05, 4.69) is 10.2 Å². The van der Waals surface area contributed by atoms with Crippen molar-refractivity contribution in [3.63, 3.8) is 0 Å². The molecule has 1 atom stereocenters. The van der Waals surface area contributed by atoms with Crippen molar-refractivity contribution < 1.29 is 19.4 Å². The molecule has 0 spiro atoms. The lowest BCUT2D eigenvalue weighted by Gasteiger charge is -2.35. The monoisotopic (exact) mass is 272 g/mol. The molecule has 0 aromatic carbocycles. The topological polar surface area (TPSA) is 78.9 Å². The lowest BCUT2D eigenvalue weighted by molar-refractivity contribution is -0.137. The number of amides is 1. The van der Waals surface area contributed by atoms with E-state index in [-0.39, 0.29) is 18.4 Å². The standard InChI is InChI=1S/C13H24N2O4/c1-19-9-7-14-12(16)10-15-8-3-2-4-11(15)5-6-13(17)18/h11H,2-10H2,1H3,(H,14,16)(H,17,18). The molecule has 1 aliphatic rings. The maximum Gasteiger partial charge on any atom is 0.303 e. The summed E-state index contributed by atoms with van der Waals surface area (Å²) in [6, 6.07) is 0.220. The van der Waals surface area contributed by atoms with E-state index in [0.717, 1.165) is 25.8 Å². The summed E-state index contributed by atoms with van der Waals surface area (Å²) in [7, 11) is 1.60. The van der Waals surface area contributed by atoms with Crippen LogP contribution in [0.15, 0.2) is 0 Å². The van der Waals surface area contributed by atoms with Crippen molar-refractivity contribution in [1.29, 1.82) is 0 Å². The zero-order valence-electron chi connectivity index (χ0n) is 11.6. The Labute approximate surface area is 114 Å². The van der Waals surface area contributed by atoms with E-state index in [0.29, 0.717) is 26.1 Å². The molecule has 1 heterocycles. The van der Waals surface area contributed by atoms with Crippen LogP contribution in [0.3, 0.4) is 0 Å². The van der Waals surface area contributed by atoms with Crippen LogP contribution < -0.4 is 5.32 Å². The second-order valence-electron chi connectivity index (χ2n) is 4.90. The van der Waals surface area contributed by atoms with Crippen LogP contribution in [0.2, 0.25) is 0 Å². The summed E-state index contributed by atoms with van der Waals surface area (Å²) < 4.78 is 4.87. The molecule has 0 radical (unpaired) electrons. The number of carboxylic acids is 1. The van der Waals surface area contributed by atoms with Gasteiger partial charge in [-0.05, 0) is 25.8 Å². The number of aliphatic carboxylic acids is 1. The number of ether oxygens (including phenoxy) is 1. The van der Waals surface area contributed by atoms with E-state index < -0.39 is 5.97 Å². The first-order valence-corrected chi connectivity index (χ1v) is 6.85. The Bertz CT molecular complexity index is 296. The second-order valence-corrected chi connectivity index (χ2v) is 4.90. The molecule has 0 aromatic rings. The van der Waals surface area contributed by atoms with Gasteiger partial charge in [0.25, 0.3) is 0 Å². The van der Waals surface area contributed by atoms with E-state index in [9.17, 15) is 9.59 Å². The van der Waals surface area contributed by atoms with Crippen molar-refractivity contribution in [2.24, 2.45) is 0 Å². The van der Waals surface area contributed by atoms with Gasteiger partial charge in [-0.25, -0.2) is 0 Å². The first-order valence-electron chi connectivity index (χ1n) is 6.85. The Morgan fingerprint density at radius 3 is 2.89 bits per heavy atom. The van der Waals surface area contributed by atoms with E-state index in [1.165, 1.54) is 0 Å². The lowest BCUT2D eigenvalue weighted by atomic mass is 9.98. The predicted octanol–water partition coefficient (Wildman–Crippen LogP) is 0.468. The van der Waals surface area contributed by atoms with Crippen LogP contribution in [0.25, 0.3) is 0 Å². The molecular formula is C13H24N2O4. The number of carboxylic acid groups (broad SMARTS) is 1. The van der Waals surface area contributed by atoms with Gasteiger partial charge in [-0.1, -0.05) is 6.42 Å². The number of methoxy groups -OCH3 is 1. The zero-order chi connectivity index (χ0) is 14.1. The maximum atomic E-state index is 11.7. The van der Waals surface area contributed by atoms with Gasteiger partial charge < -0.3 is 15.2 Å². The molecule has 1 aliphatic heterocycles. The Balaban J connectivity index is 2.34. The first kappa shape index (κ1) is 15.9. The summed E-state index contributed by atoms with van der Waals surface area (Å²) in [5, 5.41) is 11.5. The summed E-state index contributed by atoms with van der Waals surface area (Å²) in [6.07, 6.45) is 3.98. The summed E-state index contributed by atoms with van der Waals surface area (Å²) in [5.41, 5.74) is 0. The number of hydrogen-bond donors (Lipinski definition) is 2. The maximum absolute atomic E-state index is 11.7. The number of carbonyl (C=O) groups is 2. The van der Waals surface area contributed by atoms with Crippen LogP contribution >= 0.6 is 0 Å². The van der Waals surface area contributed by atoms with Gasteiger partial charge in [0, 0.05) is 26.1 Å². The molecule has 1 fully saturated rings. The van der Waals surface area contributed by atoms with Crippen LogP contribution in [-0.2, 0) is 14.3 Å². The SMILES string of the molecule is COCCNC(=O)CN1CCCCC1CCC(=O)O. The molecule has 1 amide bonds. The quantitative estimate of drug-likeness (QED) is 0.628. The fourth-order valence-corrected chi connectivity index (χ4v) is 2.42. The van der Waals surface area contributed by atoms with Crippen molar-refractivity contribution in [3.8, 4) is 0 Å². The molecule has 1 rings (SSSR count). The van der Waals surface area contributed by atoms with E-state index >= 15 is 0 Å². The molecule has 1 saturated heterocycles. The van der Waals surface area contributed by atoms with Gasteiger partial charge in [0.15, 0.2) is 0 Å². The molecule has 0 aromatic heterocycles. The second kappa shape index (κ2) is 8.87. The van der Waals surface area contributed by atoms with Crippen LogP contribution in [0.5, 0.6) is 0 Å². The molecule has 110 valence electrons. The Morgan fingerprint density at radius 2 is 2.21 bits per heavy atom. The van der Waals surface area contributed by atoms with Crippen LogP contribution in [0.1, 0.15) is 32.1 Å². The van der Waals surface area contributed by atoms with Crippen molar-refractivity contribution in [1.82, 2.24) is 10.2 Å². The van der Waals surface area contributed by atoms with E-state index in [1.807, 2.05) is 0 Å². The number of rotatable bonds is 8. The highest BCUT2D eigenvalue weighted by atomic mass is 16.5. The molecule has 0 saturated carbocycles. The Morgan fingerprint density at radius 1 is 1.42 bits per heavy atom. The molecule has 1 unspecified atom stereocenters. The van der Waals surface area contributed by atoms with Crippen LogP contribution in [0, 0.1) is 0 Å². The third kappa shape index (κ3) is 6.54. The summed E-state index contributed by atoms with van der Waals surface area (Å²) >= 11 is 0. The first-order chi connectivity index (χ1) is 9.13. The van der Waals surface area contributed by atoms with Gasteiger partial charge in [0.2, 0.25) is 5.91 Å². The number of likely N-dealkylation sites (tertiary alicyclic amines) is 1. The average molecular weight is 272 g/mol. The van der Waals surface area contributed by atoms with Gasteiger partial charge in [0.1, 0.15) is 0 Å². The largest absolute Gasteiger partial charge is 0.481 e. The van der Waals surface area contributed by atoms with Crippen molar-refractivity contribution in [3.05, 3.63) is 0 Å². The van der Waals surface area contributed by atoms with Crippen molar-refractivity contribution >= 4 is 11.9 Å². The molecular weight excluding hydrogens is 248 g/mol. The normalized spacial score (nSPS) is 20.2. The molecule has 2 N–H and O–H groups in total. The minimum absolute atomic E-state index is 0.0146. The summed E-state index contributed by atoms with van der Waals surface area (Å²) in [4.78, 5) is 24.5. The molecule has 19 heavy (non-hydrogen) atoms. The highest BCUT2D eigenvalue weighted by Gasteiger charge is 2.24. The Kier molecular flexibility index (Phi) is 7.43. The minimum Gasteiger partial charge on any atom is -0.481 e. The predicted molar refractivity (Wildman–Crippen MR) is 71.0 cm³/mol. The Hall–Kier alpha value is -1.14. The number of carbonyl (C=O) groups excluding carboxylic acids is 1. The van der Waals surface area contributed by atoms with E-state index in [1.54, 1.807) is 7.11 Å². The molecule has 6 nitrogen and oxygen atoms in total. The number of piperidine rings is 1. The highest BCUT2D eigenvalue weighted by Crippen LogP contribution is 2.20. The van der Waals surface area contributed by atoms with Gasteiger partial charge >= 0.3 is 5.97 Å². The third-order valence-corrected chi connectivity index (χ3v) is 3.42. The minimum atomic E-state index is -0.768. The molecule has 0 aliphatic carbocycles. The summed E-state index contributed by atoms with van der Waals surface area (Å²) in [6.45, 7) is 2.26. The fourth-order valence-electron chi connectivity index (χ4n) is 2.42. The van der Waals surface area contributed by atoms with Crippen LogP contribution in [-0.4, -0.2) is 61.3 Å². The number of nitrogens with zero attached hydrogens (tertiary/aromatic N) is 1. The smallest absolute Gasteiger partial charge is 0.303 e. The lowest BCUT2D eigenvalue weighted by Crippen LogP contribution is -2.46. The van der Waals surface area contributed by atoms with E-state index in [4.69, 9.17) is 9.84 Å². The van der Waals surface area contributed by atoms with Gasteiger partial charge in [-0.3, -0.25) is 14.5 Å². The average Bonchev–Trinajstić information content (AvgIpc) is 2.38. The summed E-state index contributed by atoms with van der Waals surface area (Å²) in [5.74, 6) is -0.783. The highest BCUT2D eigenvalue weighted by molar-refractivity contribution is 5.78. The van der Waals surface area contributed by atoms with Gasteiger partial charge in [-0.2, -0.15) is 0 Å². The third-order valence-electron chi connectivity index (χ3n) is 3.42. The van der Waals surface area contributed by atoms with Gasteiger partial charge in [0.05, 0.1) is 13.2 Å². The molecule has 6 heteroatoms. The zero-order valence-corrected chi connectivity index (χ0v) is 11.6. The van der Waals surface area contributed by atoms with Crippen molar-refractivity contribution in [2.45, 2.75) is 38.1 Å². The number of hydrogen-bond acceptors (Lipinski definition) is 4.